The van der Waals surface area contributed by atoms with E-state index in [1.165, 1.54) is 4.88 Å². The number of carbonyl (C=O) groups excluding carboxylic acids is 1. The van der Waals surface area contributed by atoms with E-state index >= 15 is 0 Å². The summed E-state index contributed by atoms with van der Waals surface area (Å²) < 4.78 is 0. The number of hydrogen-bond donors (Lipinski definition) is 0. The predicted molar refractivity (Wildman–Crippen MR) is 88.0 cm³/mol. The van der Waals surface area contributed by atoms with Gasteiger partial charge in [0.05, 0.1) is 0 Å². The molecular formula is C16H23N3O2S. The Bertz CT molecular complexity index is 570. The van der Waals surface area contributed by atoms with Crippen LogP contribution in [0.15, 0.2) is 22.7 Å². The molecule has 6 heteroatoms. The molecule has 0 aromatic carbocycles. The van der Waals surface area contributed by atoms with Gasteiger partial charge in [-0.2, -0.15) is 0 Å². The third kappa shape index (κ3) is 3.03. The monoisotopic (exact) mass is 321 g/mol. The number of hydrogen-bond acceptors (Lipinski definition) is 5. The number of thiophene rings is 1. The van der Waals surface area contributed by atoms with Crippen LogP contribution < -0.4 is 0 Å². The maximum Gasteiger partial charge on any atom is 0.271 e. The summed E-state index contributed by atoms with van der Waals surface area (Å²) in [6.45, 7) is 6.80. The van der Waals surface area contributed by atoms with E-state index in [1.807, 2.05) is 20.9 Å². The van der Waals surface area contributed by atoms with Crippen molar-refractivity contribution in [3.63, 3.8) is 0 Å². The van der Waals surface area contributed by atoms with Gasteiger partial charge in [-0.1, -0.05) is 11.2 Å². The summed E-state index contributed by atoms with van der Waals surface area (Å²) in [5, 5.41) is 6.21. The minimum Gasteiger partial charge on any atom is -0.387 e. The zero-order chi connectivity index (χ0) is 15.7. The summed E-state index contributed by atoms with van der Waals surface area (Å²) in [7, 11) is 1.82. The summed E-state index contributed by atoms with van der Waals surface area (Å²) in [4.78, 5) is 23.6. The van der Waals surface area contributed by atoms with Crippen molar-refractivity contribution in [1.82, 2.24) is 9.80 Å². The highest BCUT2D eigenvalue weighted by Crippen LogP contribution is 2.35. The van der Waals surface area contributed by atoms with E-state index in [1.54, 1.807) is 16.2 Å². The standard InChI is InChI=1S/C16H23N3O2S/c1-12(2)18(3)15(20)14-9-16(21-17-14)6-7-19(11-16)10-13-5-4-8-22-13/h4-5,8,12H,6-7,9-11H2,1-3H3/t16-/m0/s1. The Labute approximate surface area is 135 Å². The van der Waals surface area contributed by atoms with Crippen LogP contribution >= 0.6 is 11.3 Å². The first kappa shape index (κ1) is 15.5. The first-order valence-electron chi connectivity index (χ1n) is 7.76. The van der Waals surface area contributed by atoms with Gasteiger partial charge in [0, 0.05) is 50.4 Å². The molecule has 1 aromatic rings. The smallest absolute Gasteiger partial charge is 0.271 e. The minimum absolute atomic E-state index is 0.0106. The Morgan fingerprint density at radius 1 is 1.59 bits per heavy atom. The molecule has 0 bridgehead atoms. The minimum atomic E-state index is -0.292. The van der Waals surface area contributed by atoms with Crippen molar-refractivity contribution in [3.8, 4) is 0 Å². The molecule has 2 aliphatic rings. The number of carbonyl (C=O) groups is 1. The van der Waals surface area contributed by atoms with Crippen LogP contribution in [0.4, 0.5) is 0 Å². The average Bonchev–Trinajstić information content (AvgIpc) is 3.21. The average molecular weight is 321 g/mol. The third-order valence-corrected chi connectivity index (χ3v) is 5.40. The highest BCUT2D eigenvalue weighted by molar-refractivity contribution is 7.09. The van der Waals surface area contributed by atoms with Crippen LogP contribution in [0.5, 0.6) is 0 Å². The predicted octanol–water partition coefficient (Wildman–Crippen LogP) is 2.34. The molecule has 2 aliphatic heterocycles. The molecule has 3 rings (SSSR count). The lowest BCUT2D eigenvalue weighted by Gasteiger charge is -2.23. The van der Waals surface area contributed by atoms with E-state index in [-0.39, 0.29) is 17.6 Å². The fraction of sp³-hybridized carbons (Fsp3) is 0.625. The van der Waals surface area contributed by atoms with E-state index in [0.29, 0.717) is 12.1 Å². The Balaban J connectivity index is 1.58. The molecule has 120 valence electrons. The topological polar surface area (TPSA) is 45.1 Å². The Morgan fingerprint density at radius 2 is 2.41 bits per heavy atom. The maximum atomic E-state index is 12.4. The van der Waals surface area contributed by atoms with Crippen molar-refractivity contribution in [3.05, 3.63) is 22.4 Å². The summed E-state index contributed by atoms with van der Waals surface area (Å²) in [5.41, 5.74) is 0.272. The van der Waals surface area contributed by atoms with Crippen molar-refractivity contribution < 1.29 is 9.63 Å². The first-order valence-corrected chi connectivity index (χ1v) is 8.64. The molecule has 0 N–H and O–H groups in total. The molecule has 1 atom stereocenters. The van der Waals surface area contributed by atoms with Gasteiger partial charge in [-0.15, -0.1) is 11.3 Å². The molecular weight excluding hydrogens is 298 g/mol. The lowest BCUT2D eigenvalue weighted by atomic mass is 9.96. The van der Waals surface area contributed by atoms with Gasteiger partial charge < -0.3 is 9.74 Å². The van der Waals surface area contributed by atoms with Gasteiger partial charge in [0.25, 0.3) is 5.91 Å². The van der Waals surface area contributed by atoms with Crippen LogP contribution in [-0.4, -0.2) is 53.2 Å². The normalized spacial score (nSPS) is 24.8. The van der Waals surface area contributed by atoms with E-state index in [4.69, 9.17) is 4.84 Å². The van der Waals surface area contributed by atoms with Gasteiger partial charge in [-0.05, 0) is 25.3 Å². The van der Waals surface area contributed by atoms with Crippen molar-refractivity contribution in [2.24, 2.45) is 5.16 Å². The van der Waals surface area contributed by atoms with Gasteiger partial charge >= 0.3 is 0 Å². The van der Waals surface area contributed by atoms with E-state index in [2.05, 4.69) is 27.6 Å². The quantitative estimate of drug-likeness (QED) is 0.855. The number of likely N-dealkylation sites (tertiary alicyclic amines) is 1. The maximum absolute atomic E-state index is 12.4. The van der Waals surface area contributed by atoms with Crippen molar-refractivity contribution in [1.29, 1.82) is 0 Å². The molecule has 0 saturated carbocycles. The molecule has 0 aliphatic carbocycles. The van der Waals surface area contributed by atoms with Crippen LogP contribution in [0.25, 0.3) is 0 Å². The third-order valence-electron chi connectivity index (χ3n) is 4.54. The van der Waals surface area contributed by atoms with Crippen LogP contribution in [0.2, 0.25) is 0 Å². The Kier molecular flexibility index (Phi) is 4.23. The summed E-state index contributed by atoms with van der Waals surface area (Å²) in [6.07, 6.45) is 1.56. The molecule has 0 unspecified atom stereocenters. The summed E-state index contributed by atoms with van der Waals surface area (Å²) in [5.74, 6) is -0.0106. The fourth-order valence-electron chi connectivity index (χ4n) is 2.98. The Hall–Kier alpha value is -1.40. The number of amides is 1. The number of rotatable bonds is 4. The van der Waals surface area contributed by atoms with Gasteiger partial charge in [0.2, 0.25) is 0 Å². The molecule has 3 heterocycles. The lowest BCUT2D eigenvalue weighted by Crippen LogP contribution is -2.40. The van der Waals surface area contributed by atoms with Crippen LogP contribution in [0.3, 0.4) is 0 Å². The second-order valence-electron chi connectivity index (χ2n) is 6.54. The largest absolute Gasteiger partial charge is 0.387 e. The van der Waals surface area contributed by atoms with E-state index in [9.17, 15) is 4.79 Å². The zero-order valence-corrected chi connectivity index (χ0v) is 14.2. The van der Waals surface area contributed by atoms with Crippen molar-refractivity contribution in [2.45, 2.75) is 44.9 Å². The van der Waals surface area contributed by atoms with Crippen LogP contribution in [-0.2, 0) is 16.2 Å². The SMILES string of the molecule is CC(C)N(C)C(=O)C1=NO[C@@]2(CCN(Cc3cccs3)C2)C1. The molecule has 1 fully saturated rings. The highest BCUT2D eigenvalue weighted by Gasteiger charge is 2.47. The second-order valence-corrected chi connectivity index (χ2v) is 7.57. The number of nitrogens with zero attached hydrogens (tertiary/aromatic N) is 3. The van der Waals surface area contributed by atoms with Gasteiger partial charge in [0.15, 0.2) is 5.60 Å². The van der Waals surface area contributed by atoms with Crippen LogP contribution in [0, 0.1) is 0 Å². The second kappa shape index (κ2) is 6.01. The highest BCUT2D eigenvalue weighted by atomic mass is 32.1. The molecule has 1 spiro atoms. The molecule has 1 amide bonds. The Morgan fingerprint density at radius 3 is 3.09 bits per heavy atom. The lowest BCUT2D eigenvalue weighted by molar-refractivity contribution is -0.124. The van der Waals surface area contributed by atoms with Crippen molar-refractivity contribution >= 4 is 23.0 Å². The summed E-state index contributed by atoms with van der Waals surface area (Å²) in [6, 6.07) is 4.42. The molecule has 1 saturated heterocycles. The van der Waals surface area contributed by atoms with Crippen LogP contribution in [0.1, 0.15) is 31.6 Å². The fourth-order valence-corrected chi connectivity index (χ4v) is 3.72. The molecule has 0 radical (unpaired) electrons. The summed E-state index contributed by atoms with van der Waals surface area (Å²) >= 11 is 1.78. The zero-order valence-electron chi connectivity index (χ0n) is 13.4. The number of oxime groups is 1. The first-order chi connectivity index (χ1) is 10.5. The van der Waals surface area contributed by atoms with Crippen molar-refractivity contribution in [2.75, 3.05) is 20.1 Å². The van der Waals surface area contributed by atoms with Gasteiger partial charge in [0.1, 0.15) is 5.71 Å². The molecule has 1 aromatic heterocycles. The van der Waals surface area contributed by atoms with Gasteiger partial charge in [-0.3, -0.25) is 9.69 Å². The van der Waals surface area contributed by atoms with E-state index in [0.717, 1.165) is 26.1 Å². The molecule has 5 nitrogen and oxygen atoms in total. The van der Waals surface area contributed by atoms with Gasteiger partial charge in [-0.25, -0.2) is 0 Å². The molecule has 22 heavy (non-hydrogen) atoms. The van der Waals surface area contributed by atoms with E-state index < -0.39 is 0 Å².